The van der Waals surface area contributed by atoms with Crippen molar-refractivity contribution in [3.63, 3.8) is 0 Å². The van der Waals surface area contributed by atoms with Gasteiger partial charge in [-0.25, -0.2) is 13.2 Å². The van der Waals surface area contributed by atoms with Crippen LogP contribution < -0.4 is 4.31 Å². The van der Waals surface area contributed by atoms with Crippen molar-refractivity contribution in [3.8, 4) is 0 Å². The Balaban J connectivity index is 1.44. The Morgan fingerprint density at radius 3 is 2.48 bits per heavy atom. The molecule has 2 aromatic rings. The molecule has 29 heavy (non-hydrogen) atoms. The lowest BCUT2D eigenvalue weighted by molar-refractivity contribution is 0.0474. The number of sulfonamides is 1. The number of benzene rings is 2. The number of ether oxygens (including phenoxy) is 1. The summed E-state index contributed by atoms with van der Waals surface area (Å²) in [6.07, 6.45) is 4.82. The summed E-state index contributed by atoms with van der Waals surface area (Å²) in [5, 5.41) is 0. The zero-order valence-corrected chi connectivity index (χ0v) is 17.3. The van der Waals surface area contributed by atoms with Gasteiger partial charge in [0.2, 0.25) is 10.0 Å². The molecule has 6 nitrogen and oxygen atoms in total. The molecule has 2 aromatic carbocycles. The summed E-state index contributed by atoms with van der Waals surface area (Å²) in [7, 11) is -3.38. The molecule has 0 saturated carbocycles. The first-order valence-electron chi connectivity index (χ1n) is 9.68. The molecule has 0 radical (unpaired) electrons. The van der Waals surface area contributed by atoms with Crippen LogP contribution in [0.1, 0.15) is 50.8 Å². The molecule has 4 rings (SSSR count). The number of carbonyl (C=O) groups is 2. The third kappa shape index (κ3) is 3.79. The van der Waals surface area contributed by atoms with Gasteiger partial charge < -0.3 is 4.74 Å². The molecule has 152 valence electrons. The van der Waals surface area contributed by atoms with Crippen LogP contribution in [0.15, 0.2) is 36.4 Å². The smallest absolute Gasteiger partial charge is 0.338 e. The second kappa shape index (κ2) is 7.30. The fourth-order valence-corrected chi connectivity index (χ4v) is 5.54. The number of anilines is 1. The lowest BCUT2D eigenvalue weighted by Gasteiger charge is -2.21. The van der Waals surface area contributed by atoms with E-state index in [0.717, 1.165) is 24.8 Å². The second-order valence-corrected chi connectivity index (χ2v) is 9.65. The molecule has 0 fully saturated rings. The molecular weight excluding hydrogens is 390 g/mol. The highest BCUT2D eigenvalue weighted by molar-refractivity contribution is 7.92. The SMILES string of the molecule is C[C@H]1Cc2cc(C(=O)COC(=O)c3ccc4c(c3)CCC4)ccc2N1S(C)(=O)=O. The Hall–Kier alpha value is -2.67. The number of fused-ring (bicyclic) bond motifs is 2. The van der Waals surface area contributed by atoms with Crippen molar-refractivity contribution in [2.45, 2.75) is 38.6 Å². The summed E-state index contributed by atoms with van der Waals surface area (Å²) in [5.41, 5.74) is 4.73. The highest BCUT2D eigenvalue weighted by atomic mass is 32.2. The Morgan fingerprint density at radius 1 is 1.03 bits per heavy atom. The van der Waals surface area contributed by atoms with Gasteiger partial charge in [-0.2, -0.15) is 0 Å². The molecule has 1 aliphatic heterocycles. The van der Waals surface area contributed by atoms with E-state index in [-0.39, 0.29) is 18.4 Å². The maximum atomic E-state index is 12.5. The van der Waals surface area contributed by atoms with Gasteiger partial charge in [0.15, 0.2) is 12.4 Å². The Kier molecular flexibility index (Phi) is 4.94. The quantitative estimate of drug-likeness (QED) is 0.556. The third-order valence-corrected chi connectivity index (χ3v) is 6.85. The predicted octanol–water partition coefficient (Wildman–Crippen LogP) is 2.93. The van der Waals surface area contributed by atoms with Gasteiger partial charge in [-0.15, -0.1) is 0 Å². The van der Waals surface area contributed by atoms with Crippen molar-refractivity contribution >= 4 is 27.5 Å². The van der Waals surface area contributed by atoms with Crippen LogP contribution in [0.3, 0.4) is 0 Å². The second-order valence-electron chi connectivity index (χ2n) is 7.79. The molecule has 7 heteroatoms. The average molecular weight is 413 g/mol. The van der Waals surface area contributed by atoms with E-state index < -0.39 is 16.0 Å². The standard InChI is InChI=1S/C22H23NO5S/c1-14-10-19-12-17(8-9-20(19)23(14)29(2,26)27)21(24)13-28-22(25)18-7-6-15-4-3-5-16(15)11-18/h6-9,11-12,14H,3-5,10,13H2,1-2H3/t14-/m0/s1. The minimum atomic E-state index is -3.38. The number of ketones is 1. The maximum Gasteiger partial charge on any atom is 0.338 e. The molecule has 1 aliphatic carbocycles. The molecular formula is C22H23NO5S. The van der Waals surface area contributed by atoms with Crippen molar-refractivity contribution in [1.29, 1.82) is 0 Å². The highest BCUT2D eigenvalue weighted by Crippen LogP contribution is 2.34. The molecule has 1 heterocycles. The van der Waals surface area contributed by atoms with E-state index in [4.69, 9.17) is 4.74 Å². The number of carbonyl (C=O) groups excluding carboxylic acids is 2. The monoisotopic (exact) mass is 413 g/mol. The van der Waals surface area contributed by atoms with Crippen LogP contribution >= 0.6 is 0 Å². The van der Waals surface area contributed by atoms with E-state index in [1.807, 2.05) is 19.1 Å². The molecule has 0 unspecified atom stereocenters. The summed E-state index contributed by atoms with van der Waals surface area (Å²) in [5.74, 6) is -0.821. The summed E-state index contributed by atoms with van der Waals surface area (Å²) >= 11 is 0. The first-order valence-corrected chi connectivity index (χ1v) is 11.5. The Morgan fingerprint density at radius 2 is 1.72 bits per heavy atom. The molecule has 1 atom stereocenters. The van der Waals surface area contributed by atoms with E-state index in [9.17, 15) is 18.0 Å². The van der Waals surface area contributed by atoms with Crippen LogP contribution in [0, 0.1) is 0 Å². The van der Waals surface area contributed by atoms with Crippen LogP contribution in [0.5, 0.6) is 0 Å². The molecule has 0 N–H and O–H groups in total. The van der Waals surface area contributed by atoms with Gasteiger partial charge in [0.1, 0.15) is 0 Å². The number of aryl methyl sites for hydroxylation is 2. The van der Waals surface area contributed by atoms with Gasteiger partial charge in [0.05, 0.1) is 17.5 Å². The van der Waals surface area contributed by atoms with Crippen molar-refractivity contribution < 1.29 is 22.7 Å². The van der Waals surface area contributed by atoms with Gasteiger partial charge in [0.25, 0.3) is 0 Å². The average Bonchev–Trinajstić information content (AvgIpc) is 3.26. The predicted molar refractivity (Wildman–Crippen MR) is 110 cm³/mol. The number of Topliss-reactive ketones (excluding diaryl/α,β-unsaturated/α-hetero) is 1. The van der Waals surface area contributed by atoms with E-state index in [0.29, 0.717) is 23.2 Å². The van der Waals surface area contributed by atoms with Crippen molar-refractivity contribution in [2.24, 2.45) is 0 Å². The Labute approximate surface area is 170 Å². The van der Waals surface area contributed by atoms with E-state index >= 15 is 0 Å². The summed E-state index contributed by atoms with van der Waals surface area (Å²) < 4.78 is 30.6. The summed E-state index contributed by atoms with van der Waals surface area (Å²) in [6.45, 7) is 1.49. The zero-order chi connectivity index (χ0) is 20.8. The lowest BCUT2D eigenvalue weighted by atomic mass is 10.0. The molecule has 0 saturated heterocycles. The van der Waals surface area contributed by atoms with E-state index in [2.05, 4.69) is 0 Å². The maximum absolute atomic E-state index is 12.5. The van der Waals surface area contributed by atoms with Gasteiger partial charge in [0, 0.05) is 11.6 Å². The van der Waals surface area contributed by atoms with Crippen LogP contribution in [0.2, 0.25) is 0 Å². The normalized spacial score (nSPS) is 17.7. The van der Waals surface area contributed by atoms with Crippen molar-refractivity contribution in [2.75, 3.05) is 17.2 Å². The van der Waals surface area contributed by atoms with Gasteiger partial charge in [-0.1, -0.05) is 6.07 Å². The molecule has 0 bridgehead atoms. The molecule has 0 spiro atoms. The topological polar surface area (TPSA) is 80.8 Å². The largest absolute Gasteiger partial charge is 0.454 e. The summed E-state index contributed by atoms with van der Waals surface area (Å²) in [6, 6.07) is 10.3. The van der Waals surface area contributed by atoms with Crippen LogP contribution in [-0.4, -0.2) is 39.1 Å². The third-order valence-electron chi connectivity index (χ3n) is 5.58. The molecule has 0 amide bonds. The van der Waals surface area contributed by atoms with Crippen LogP contribution in [-0.2, 0) is 34.0 Å². The molecule has 2 aliphatic rings. The van der Waals surface area contributed by atoms with E-state index in [1.54, 1.807) is 24.3 Å². The zero-order valence-electron chi connectivity index (χ0n) is 16.5. The minimum Gasteiger partial charge on any atom is -0.454 e. The van der Waals surface area contributed by atoms with Crippen molar-refractivity contribution in [3.05, 3.63) is 64.2 Å². The summed E-state index contributed by atoms with van der Waals surface area (Å²) in [4.78, 5) is 24.8. The van der Waals surface area contributed by atoms with Gasteiger partial charge in [-0.3, -0.25) is 9.10 Å². The first kappa shape index (κ1) is 19.6. The van der Waals surface area contributed by atoms with Crippen molar-refractivity contribution in [1.82, 2.24) is 0 Å². The number of hydrogen-bond acceptors (Lipinski definition) is 5. The van der Waals surface area contributed by atoms with Gasteiger partial charge >= 0.3 is 5.97 Å². The fourth-order valence-electron chi connectivity index (χ4n) is 4.28. The van der Waals surface area contributed by atoms with Crippen LogP contribution in [0.25, 0.3) is 0 Å². The first-order chi connectivity index (χ1) is 13.7. The Bertz CT molecular complexity index is 1110. The van der Waals surface area contributed by atoms with Gasteiger partial charge in [-0.05, 0) is 79.6 Å². The lowest BCUT2D eigenvalue weighted by Crippen LogP contribution is -2.34. The fraction of sp³-hybridized carbons (Fsp3) is 0.364. The number of hydrogen-bond donors (Lipinski definition) is 0. The molecule has 0 aromatic heterocycles. The number of esters is 1. The number of rotatable bonds is 5. The highest BCUT2D eigenvalue weighted by Gasteiger charge is 2.32. The van der Waals surface area contributed by atoms with E-state index in [1.165, 1.54) is 21.7 Å². The number of nitrogens with zero attached hydrogens (tertiary/aromatic N) is 1. The minimum absolute atomic E-state index is 0.192. The van der Waals surface area contributed by atoms with Crippen LogP contribution in [0.4, 0.5) is 5.69 Å².